The van der Waals surface area contributed by atoms with Crippen molar-refractivity contribution in [3.8, 4) is 0 Å². The van der Waals surface area contributed by atoms with Crippen LogP contribution in [0.4, 0.5) is 0 Å². The summed E-state index contributed by atoms with van der Waals surface area (Å²) in [5.74, 6) is -0.00633. The lowest BCUT2D eigenvalue weighted by Crippen LogP contribution is -2.49. The van der Waals surface area contributed by atoms with Crippen molar-refractivity contribution in [3.05, 3.63) is 12.7 Å². The van der Waals surface area contributed by atoms with E-state index in [2.05, 4.69) is 24.1 Å². The molecule has 1 fully saturated rings. The highest BCUT2D eigenvalue weighted by Gasteiger charge is 2.22. The molecule has 0 bridgehead atoms. The van der Waals surface area contributed by atoms with Crippen LogP contribution >= 0.6 is 12.4 Å². The SMILES string of the molecule is C=CCCOC(C)C(=O)NC1CCNC(C)C1.Cl. The van der Waals surface area contributed by atoms with Crippen molar-refractivity contribution in [1.29, 1.82) is 0 Å². The zero-order chi connectivity index (χ0) is 12.7. The molecule has 18 heavy (non-hydrogen) atoms. The average Bonchev–Trinajstić information content (AvgIpc) is 2.29. The summed E-state index contributed by atoms with van der Waals surface area (Å²) in [6, 6.07) is 0.759. The number of rotatable bonds is 6. The topological polar surface area (TPSA) is 50.4 Å². The molecule has 0 aromatic rings. The summed E-state index contributed by atoms with van der Waals surface area (Å²) in [6.45, 7) is 9.08. The molecule has 1 saturated heterocycles. The van der Waals surface area contributed by atoms with Gasteiger partial charge in [-0.3, -0.25) is 4.79 Å². The molecule has 1 aliphatic rings. The lowest BCUT2D eigenvalue weighted by atomic mass is 10.0. The normalized spacial score (nSPS) is 24.8. The van der Waals surface area contributed by atoms with E-state index in [0.717, 1.165) is 25.8 Å². The van der Waals surface area contributed by atoms with Crippen LogP contribution < -0.4 is 10.6 Å². The molecule has 106 valence electrons. The fourth-order valence-electron chi connectivity index (χ4n) is 1.99. The molecule has 0 spiro atoms. The average molecular weight is 277 g/mol. The Labute approximate surface area is 116 Å². The Balaban J connectivity index is 0.00000289. The van der Waals surface area contributed by atoms with Crippen LogP contribution in [-0.2, 0) is 9.53 Å². The van der Waals surface area contributed by atoms with Crippen molar-refractivity contribution in [1.82, 2.24) is 10.6 Å². The van der Waals surface area contributed by atoms with E-state index in [0.29, 0.717) is 12.6 Å². The first-order chi connectivity index (χ1) is 8.13. The molecule has 0 aliphatic carbocycles. The van der Waals surface area contributed by atoms with E-state index in [1.807, 2.05) is 0 Å². The maximum atomic E-state index is 11.8. The van der Waals surface area contributed by atoms with Crippen LogP contribution in [0, 0.1) is 0 Å². The highest BCUT2D eigenvalue weighted by atomic mass is 35.5. The summed E-state index contributed by atoms with van der Waals surface area (Å²) in [5.41, 5.74) is 0. The van der Waals surface area contributed by atoms with Gasteiger partial charge in [-0.25, -0.2) is 0 Å². The van der Waals surface area contributed by atoms with E-state index in [-0.39, 0.29) is 30.5 Å². The van der Waals surface area contributed by atoms with Crippen molar-refractivity contribution < 1.29 is 9.53 Å². The molecule has 0 aromatic heterocycles. The van der Waals surface area contributed by atoms with Gasteiger partial charge in [0.1, 0.15) is 6.10 Å². The number of carbonyl (C=O) groups is 1. The van der Waals surface area contributed by atoms with Gasteiger partial charge in [0, 0.05) is 12.1 Å². The Morgan fingerprint density at radius 2 is 2.39 bits per heavy atom. The van der Waals surface area contributed by atoms with Gasteiger partial charge < -0.3 is 15.4 Å². The van der Waals surface area contributed by atoms with Crippen LogP contribution in [0.2, 0.25) is 0 Å². The van der Waals surface area contributed by atoms with Gasteiger partial charge in [0.15, 0.2) is 0 Å². The van der Waals surface area contributed by atoms with Gasteiger partial charge in [-0.2, -0.15) is 0 Å². The smallest absolute Gasteiger partial charge is 0.249 e. The van der Waals surface area contributed by atoms with Crippen molar-refractivity contribution in [2.75, 3.05) is 13.2 Å². The Bertz CT molecular complexity index is 261. The Morgan fingerprint density at radius 1 is 1.67 bits per heavy atom. The van der Waals surface area contributed by atoms with Crippen molar-refractivity contribution in [2.24, 2.45) is 0 Å². The minimum atomic E-state index is -0.375. The molecular weight excluding hydrogens is 252 g/mol. The third-order valence-electron chi connectivity index (χ3n) is 3.03. The maximum Gasteiger partial charge on any atom is 0.249 e. The molecule has 5 heteroatoms. The first kappa shape index (κ1) is 17.4. The summed E-state index contributed by atoms with van der Waals surface area (Å²) < 4.78 is 5.41. The molecule has 1 heterocycles. The molecule has 0 aromatic carbocycles. The molecule has 3 atom stereocenters. The molecule has 4 nitrogen and oxygen atoms in total. The van der Waals surface area contributed by atoms with Gasteiger partial charge >= 0.3 is 0 Å². The van der Waals surface area contributed by atoms with Crippen LogP contribution in [0.5, 0.6) is 0 Å². The minimum Gasteiger partial charge on any atom is -0.368 e. The van der Waals surface area contributed by atoms with E-state index in [9.17, 15) is 4.79 Å². The van der Waals surface area contributed by atoms with Crippen molar-refractivity contribution in [2.45, 2.75) is 51.3 Å². The number of hydrogen-bond donors (Lipinski definition) is 2. The summed E-state index contributed by atoms with van der Waals surface area (Å²) in [7, 11) is 0. The van der Waals surface area contributed by atoms with E-state index in [4.69, 9.17) is 4.74 Å². The number of hydrogen-bond acceptors (Lipinski definition) is 3. The molecule has 0 radical (unpaired) electrons. The van der Waals surface area contributed by atoms with Gasteiger partial charge in [-0.1, -0.05) is 6.08 Å². The molecule has 2 N–H and O–H groups in total. The second-order valence-corrected chi connectivity index (χ2v) is 4.68. The van der Waals surface area contributed by atoms with E-state index < -0.39 is 0 Å². The second kappa shape index (κ2) is 9.36. The van der Waals surface area contributed by atoms with Crippen LogP contribution in [0.15, 0.2) is 12.7 Å². The zero-order valence-corrected chi connectivity index (χ0v) is 12.1. The fraction of sp³-hybridized carbons (Fsp3) is 0.769. The molecule has 0 saturated carbocycles. The summed E-state index contributed by atoms with van der Waals surface area (Å²) in [4.78, 5) is 11.8. The summed E-state index contributed by atoms with van der Waals surface area (Å²) in [5, 5.41) is 6.41. The maximum absolute atomic E-state index is 11.8. The quantitative estimate of drug-likeness (QED) is 0.573. The van der Waals surface area contributed by atoms with E-state index in [1.54, 1.807) is 13.0 Å². The Morgan fingerprint density at radius 3 is 3.00 bits per heavy atom. The first-order valence-electron chi connectivity index (χ1n) is 6.39. The highest BCUT2D eigenvalue weighted by molar-refractivity contribution is 5.85. The first-order valence-corrected chi connectivity index (χ1v) is 6.39. The predicted molar refractivity (Wildman–Crippen MR) is 76.1 cm³/mol. The molecular formula is C13H25ClN2O2. The lowest BCUT2D eigenvalue weighted by molar-refractivity contribution is -0.132. The van der Waals surface area contributed by atoms with Gasteiger partial charge in [-0.15, -0.1) is 19.0 Å². The second-order valence-electron chi connectivity index (χ2n) is 4.68. The zero-order valence-electron chi connectivity index (χ0n) is 11.3. The van der Waals surface area contributed by atoms with Gasteiger partial charge in [0.05, 0.1) is 6.61 Å². The molecule has 1 rings (SSSR count). The van der Waals surface area contributed by atoms with Crippen LogP contribution in [-0.4, -0.2) is 37.2 Å². The standard InChI is InChI=1S/C13H24N2O2.ClH/c1-4-5-8-17-11(3)13(16)15-12-6-7-14-10(2)9-12;/h4,10-12,14H,1,5-9H2,2-3H3,(H,15,16);1H. The van der Waals surface area contributed by atoms with Crippen molar-refractivity contribution >= 4 is 18.3 Å². The van der Waals surface area contributed by atoms with Crippen LogP contribution in [0.3, 0.4) is 0 Å². The Kier molecular flexibility index (Phi) is 9.06. The number of piperidine rings is 1. The number of nitrogens with one attached hydrogen (secondary N) is 2. The largest absolute Gasteiger partial charge is 0.368 e. The fourth-order valence-corrected chi connectivity index (χ4v) is 1.99. The number of ether oxygens (including phenoxy) is 1. The predicted octanol–water partition coefficient (Wildman–Crippen LogP) is 1.65. The number of amides is 1. The third kappa shape index (κ3) is 6.38. The number of halogens is 1. The van der Waals surface area contributed by atoms with E-state index in [1.165, 1.54) is 0 Å². The number of carbonyl (C=O) groups excluding carboxylic acids is 1. The molecule has 3 unspecified atom stereocenters. The van der Waals surface area contributed by atoms with E-state index >= 15 is 0 Å². The van der Waals surface area contributed by atoms with Gasteiger partial charge in [-0.05, 0) is 39.7 Å². The van der Waals surface area contributed by atoms with Gasteiger partial charge in [0.2, 0.25) is 5.91 Å². The van der Waals surface area contributed by atoms with Crippen LogP contribution in [0.25, 0.3) is 0 Å². The van der Waals surface area contributed by atoms with Crippen molar-refractivity contribution in [3.63, 3.8) is 0 Å². The van der Waals surface area contributed by atoms with Gasteiger partial charge in [0.25, 0.3) is 0 Å². The molecule has 1 aliphatic heterocycles. The lowest BCUT2D eigenvalue weighted by Gasteiger charge is -2.29. The van der Waals surface area contributed by atoms with Crippen LogP contribution in [0.1, 0.15) is 33.1 Å². The third-order valence-corrected chi connectivity index (χ3v) is 3.03. The minimum absolute atomic E-state index is 0. The Hall–Kier alpha value is -0.580. The highest BCUT2D eigenvalue weighted by Crippen LogP contribution is 2.08. The monoisotopic (exact) mass is 276 g/mol. The summed E-state index contributed by atoms with van der Waals surface area (Å²) >= 11 is 0. The summed E-state index contributed by atoms with van der Waals surface area (Å²) in [6.07, 6.45) is 4.18. The molecule has 1 amide bonds.